The second-order valence-corrected chi connectivity index (χ2v) is 1.34. The van der Waals surface area contributed by atoms with E-state index in [0.717, 1.165) is 0 Å². The Kier molecular flexibility index (Phi) is 3.22. The van der Waals surface area contributed by atoms with Crippen LogP contribution in [0.4, 0.5) is 0 Å². The minimum atomic E-state index is -4.67. The minimum Gasteiger partial charge on any atom is -0.344 e. The highest BCUT2D eigenvalue weighted by atomic mass is 32.3. The first-order valence-corrected chi connectivity index (χ1v) is 2.10. The molecule has 0 aliphatic carbocycles. The van der Waals surface area contributed by atoms with Crippen LogP contribution in [0.15, 0.2) is 0 Å². The van der Waals surface area contributed by atoms with Gasteiger partial charge in [-0.1, -0.05) is 0 Å². The highest BCUT2D eigenvalue weighted by molar-refractivity contribution is 7.79. The molecule has 0 aromatic carbocycles. The molecule has 0 fully saturated rings. The van der Waals surface area contributed by atoms with Gasteiger partial charge in [-0.05, 0) is 0 Å². The summed E-state index contributed by atoms with van der Waals surface area (Å²) in [6, 6.07) is 0. The van der Waals surface area contributed by atoms with Gasteiger partial charge in [0.2, 0.25) is 0 Å². The van der Waals surface area contributed by atoms with Crippen molar-refractivity contribution in [1.29, 1.82) is 0 Å². The van der Waals surface area contributed by atoms with E-state index in [-0.39, 0.29) is 9.00 Å². The lowest BCUT2D eigenvalue weighted by atomic mass is 14.0. The second kappa shape index (κ2) is 2.08. The molecule has 0 rings (SSSR count). The van der Waals surface area contributed by atoms with Crippen LogP contribution < -0.4 is 6.15 Å². The Morgan fingerprint density at radius 3 is 1.33 bits per heavy atom. The average Bonchev–Trinajstić information content (AvgIpc) is 0.722. The van der Waals surface area contributed by atoms with E-state index in [1.807, 2.05) is 0 Å². The third-order valence-electron chi connectivity index (χ3n) is 0. The molecule has 0 bridgehead atoms. The van der Waals surface area contributed by atoms with E-state index in [0.29, 0.717) is 0 Å². The van der Waals surface area contributed by atoms with Crippen LogP contribution in [-0.2, 0) is 10.4 Å². The van der Waals surface area contributed by atoms with Gasteiger partial charge in [0.25, 0.3) is 0 Å². The summed E-state index contributed by atoms with van der Waals surface area (Å²) in [5.74, 6) is 0. The van der Waals surface area contributed by atoms with Gasteiger partial charge in [0, 0.05) is 0 Å². The van der Waals surface area contributed by atoms with Crippen molar-refractivity contribution in [3.8, 4) is 0 Å². The molecule has 0 atom stereocenters. The summed E-state index contributed by atoms with van der Waals surface area (Å²) in [6.45, 7) is 0. The van der Waals surface area contributed by atoms with Gasteiger partial charge in [0.1, 0.15) is 0 Å². The minimum absolute atomic E-state index is 0. The average molecular weight is 117 g/mol. The van der Waals surface area contributed by atoms with Gasteiger partial charge in [-0.3, -0.25) is 9.11 Å². The predicted octanol–water partition coefficient (Wildman–Crippen LogP) is -0.266. The summed E-state index contributed by atoms with van der Waals surface area (Å²) in [5.41, 5.74) is 0. The van der Waals surface area contributed by atoms with Gasteiger partial charge in [0.15, 0.2) is 0 Å². The Morgan fingerprint density at radius 1 is 1.33 bits per heavy atom. The Hall–Kier alpha value is -0.170. The Labute approximate surface area is 38.1 Å². The highest BCUT2D eigenvalue weighted by Gasteiger charge is 1.84. The summed E-state index contributed by atoms with van der Waals surface area (Å²) in [4.78, 5) is 0. The zero-order valence-electron chi connectivity index (χ0n) is 4.83. The second-order valence-electron chi connectivity index (χ2n) is 0.448. The van der Waals surface area contributed by atoms with Crippen molar-refractivity contribution in [2.45, 2.75) is 0 Å². The zero-order valence-corrected chi connectivity index (χ0v) is 3.64. The van der Waals surface area contributed by atoms with Crippen LogP contribution in [0.1, 0.15) is 2.85 Å². The van der Waals surface area contributed by atoms with E-state index in [2.05, 4.69) is 0 Å². The summed E-state index contributed by atoms with van der Waals surface area (Å²) in [5, 5.41) is 0. The summed E-state index contributed by atoms with van der Waals surface area (Å²) >= 11 is 0. The molecule has 40 valence electrons. The van der Waals surface area contributed by atoms with Crippen molar-refractivity contribution in [1.82, 2.24) is 6.15 Å². The van der Waals surface area contributed by atoms with Crippen LogP contribution in [0.5, 0.6) is 0 Å². The molecular weight excluding hydrogens is 110 g/mol. The topological polar surface area (TPSA) is 110 Å². The Balaban J connectivity index is -0.0000000267. The molecular formula is H7NO4S+2. The smallest absolute Gasteiger partial charge is 0.344 e. The molecule has 0 amide bonds. The predicted molar refractivity (Wildman–Crippen MR) is 21.4 cm³/mol. The van der Waals surface area contributed by atoms with Crippen molar-refractivity contribution < 1.29 is 20.4 Å². The van der Waals surface area contributed by atoms with E-state index < -0.39 is 10.4 Å². The van der Waals surface area contributed by atoms with Crippen LogP contribution in [-0.4, -0.2) is 17.5 Å². The zero-order chi connectivity index (χ0) is 4.50. The molecule has 5 nitrogen and oxygen atoms in total. The largest absolute Gasteiger partial charge is 1.00 e. The van der Waals surface area contributed by atoms with Crippen molar-refractivity contribution in [2.24, 2.45) is 0 Å². The number of hydrogen-bond donors (Lipinski definition) is 3. The van der Waals surface area contributed by atoms with Crippen LogP contribution in [0.2, 0.25) is 0 Å². The van der Waals surface area contributed by atoms with Gasteiger partial charge in [-0.2, -0.15) is 8.42 Å². The third kappa shape index (κ3) is 1060. The molecule has 0 aliphatic heterocycles. The van der Waals surface area contributed by atoms with E-state index in [1.54, 1.807) is 0 Å². The fourth-order valence-electron chi connectivity index (χ4n) is 0. The number of hydrogen-bond acceptors (Lipinski definition) is 3. The van der Waals surface area contributed by atoms with Crippen LogP contribution in [0.3, 0.4) is 0 Å². The normalized spacial score (nSPS) is 9.67. The van der Waals surface area contributed by atoms with Gasteiger partial charge >= 0.3 is 13.3 Å². The molecule has 6 heavy (non-hydrogen) atoms. The first-order chi connectivity index (χ1) is 2.00. The number of rotatable bonds is 0. The van der Waals surface area contributed by atoms with E-state index >= 15 is 0 Å². The van der Waals surface area contributed by atoms with Gasteiger partial charge in [0.05, 0.1) is 0 Å². The van der Waals surface area contributed by atoms with Crippen LogP contribution >= 0.6 is 0 Å². The SMILES string of the molecule is N.O=S(=O)(O)O.[H+].[H+]. The maximum absolute atomic E-state index is 8.74. The van der Waals surface area contributed by atoms with Crippen LogP contribution in [0, 0.1) is 0 Å². The van der Waals surface area contributed by atoms with Crippen molar-refractivity contribution in [3.63, 3.8) is 0 Å². The lowest BCUT2D eigenvalue weighted by Crippen LogP contribution is -1.89. The van der Waals surface area contributed by atoms with Gasteiger partial charge in [-0.25, -0.2) is 0 Å². The maximum Gasteiger partial charge on any atom is 1.00 e. The lowest BCUT2D eigenvalue weighted by molar-refractivity contribution is 0.381. The Bertz CT molecular complexity index is 97.2. The molecule has 0 aliphatic rings. The fourth-order valence-corrected chi connectivity index (χ4v) is 0. The van der Waals surface area contributed by atoms with Crippen molar-refractivity contribution in [3.05, 3.63) is 0 Å². The molecule has 0 heterocycles. The molecule has 0 radical (unpaired) electrons. The lowest BCUT2D eigenvalue weighted by Gasteiger charge is -1.68. The highest BCUT2D eigenvalue weighted by Crippen LogP contribution is 1.59. The van der Waals surface area contributed by atoms with Gasteiger partial charge in [-0.15, -0.1) is 0 Å². The summed E-state index contributed by atoms with van der Waals surface area (Å²) in [6.07, 6.45) is 0. The van der Waals surface area contributed by atoms with Crippen LogP contribution in [0.25, 0.3) is 0 Å². The molecule has 0 saturated heterocycles. The molecule has 0 saturated carbocycles. The standard InChI is InChI=1S/H3N.H2O4S/c;1-5(2,3)4/h1H3;(H2,1,2,3,4)/p+2. The first-order valence-electron chi connectivity index (χ1n) is 0.698. The monoisotopic (exact) mass is 117 g/mol. The van der Waals surface area contributed by atoms with E-state index in [9.17, 15) is 0 Å². The van der Waals surface area contributed by atoms with Crippen molar-refractivity contribution in [2.75, 3.05) is 0 Å². The molecule has 0 aromatic rings. The molecule has 0 aromatic heterocycles. The molecule has 0 spiro atoms. The molecule has 0 unspecified atom stereocenters. The maximum atomic E-state index is 8.74. The quantitative estimate of drug-likeness (QED) is 0.378. The third-order valence-corrected chi connectivity index (χ3v) is 0. The van der Waals surface area contributed by atoms with Gasteiger partial charge < -0.3 is 6.15 Å². The van der Waals surface area contributed by atoms with Crippen molar-refractivity contribution >= 4 is 10.4 Å². The summed E-state index contributed by atoms with van der Waals surface area (Å²) < 4.78 is 31.6. The molecule has 6 heteroatoms. The molecule has 5 N–H and O–H groups in total. The fraction of sp³-hybridized carbons (Fsp3) is 0. The van der Waals surface area contributed by atoms with E-state index in [1.165, 1.54) is 0 Å². The first kappa shape index (κ1) is 9.27. The summed E-state index contributed by atoms with van der Waals surface area (Å²) in [7, 11) is -4.67. The Morgan fingerprint density at radius 2 is 1.33 bits per heavy atom. The van der Waals surface area contributed by atoms with E-state index in [4.69, 9.17) is 17.5 Å².